The molecule has 0 radical (unpaired) electrons. The highest BCUT2D eigenvalue weighted by Gasteiger charge is 2.01. The second-order valence-corrected chi connectivity index (χ2v) is 4.99. The van der Waals surface area contributed by atoms with Crippen molar-refractivity contribution in [3.63, 3.8) is 0 Å². The van der Waals surface area contributed by atoms with Crippen molar-refractivity contribution in [2.24, 2.45) is 0 Å². The fourth-order valence-corrected chi connectivity index (χ4v) is 1.88. The topological polar surface area (TPSA) is 48.2 Å². The van der Waals surface area contributed by atoms with Gasteiger partial charge in [-0.25, -0.2) is 4.79 Å². The van der Waals surface area contributed by atoms with Crippen LogP contribution in [0, 0.1) is 0 Å². The summed E-state index contributed by atoms with van der Waals surface area (Å²) in [6, 6.07) is 0. The zero-order valence-electron chi connectivity index (χ0n) is 12.4. The van der Waals surface area contributed by atoms with Crippen LogP contribution in [0.15, 0.2) is 17.2 Å². The Morgan fingerprint density at radius 1 is 1.21 bits per heavy atom. The first-order chi connectivity index (χ1) is 9.15. The molecule has 0 amide bonds. The molecule has 1 heterocycles. The molecule has 0 aliphatic heterocycles. The highest BCUT2D eigenvalue weighted by atomic mass is 16.5. The summed E-state index contributed by atoms with van der Waals surface area (Å²) in [7, 11) is 0. The molecule has 0 saturated carbocycles. The maximum absolute atomic E-state index is 11.9. The van der Waals surface area contributed by atoms with Crippen molar-refractivity contribution >= 4 is 0 Å². The fraction of sp³-hybridized carbons (Fsp3) is 0.786. The number of hydrogen-bond acceptors (Lipinski definition) is 3. The second kappa shape index (κ2) is 8.93. The van der Waals surface area contributed by atoms with Gasteiger partial charge in [0.25, 0.3) is 0 Å². The minimum Gasteiger partial charge on any atom is -0.379 e. The van der Waals surface area contributed by atoms with Gasteiger partial charge in [-0.2, -0.15) is 0 Å². The number of aromatic nitrogens is 2. The Balaban J connectivity index is 2.14. The summed E-state index contributed by atoms with van der Waals surface area (Å²) in [4.78, 5) is 11.9. The Labute approximate surface area is 115 Å². The molecule has 1 aromatic rings. The van der Waals surface area contributed by atoms with E-state index in [1.165, 1.54) is 0 Å². The number of aryl methyl sites for hydroxylation is 1. The molecule has 19 heavy (non-hydrogen) atoms. The van der Waals surface area contributed by atoms with Crippen LogP contribution in [-0.4, -0.2) is 34.9 Å². The van der Waals surface area contributed by atoms with Crippen LogP contribution in [0.3, 0.4) is 0 Å². The van der Waals surface area contributed by atoms with Crippen LogP contribution in [0.25, 0.3) is 0 Å². The first kappa shape index (κ1) is 16.0. The van der Waals surface area contributed by atoms with E-state index in [0.717, 1.165) is 45.6 Å². The molecule has 0 aliphatic carbocycles. The Bertz CT molecular complexity index is 396. The van der Waals surface area contributed by atoms with Gasteiger partial charge in [0.05, 0.1) is 6.10 Å². The van der Waals surface area contributed by atoms with Gasteiger partial charge < -0.3 is 10.1 Å². The zero-order chi connectivity index (χ0) is 14.1. The number of hydrogen-bond donors (Lipinski definition) is 1. The highest BCUT2D eigenvalue weighted by Crippen LogP contribution is 1.90. The summed E-state index contributed by atoms with van der Waals surface area (Å²) in [6.07, 6.45) is 6.02. The van der Waals surface area contributed by atoms with Crippen LogP contribution in [0.1, 0.15) is 33.6 Å². The van der Waals surface area contributed by atoms with Gasteiger partial charge in [-0.3, -0.25) is 9.13 Å². The fourth-order valence-electron chi connectivity index (χ4n) is 1.88. The average molecular weight is 269 g/mol. The molecule has 0 aromatic carbocycles. The summed E-state index contributed by atoms with van der Waals surface area (Å²) in [5, 5.41) is 3.33. The molecular formula is C14H27N3O2. The molecule has 5 nitrogen and oxygen atoms in total. The molecule has 0 bridgehead atoms. The number of nitrogens with zero attached hydrogens (tertiary/aromatic N) is 2. The van der Waals surface area contributed by atoms with E-state index in [0.29, 0.717) is 6.10 Å². The lowest BCUT2D eigenvalue weighted by Gasteiger charge is -2.08. The molecule has 0 spiro atoms. The maximum atomic E-state index is 11.9. The third-order valence-electron chi connectivity index (χ3n) is 2.86. The van der Waals surface area contributed by atoms with Gasteiger partial charge in [-0.15, -0.1) is 0 Å². The predicted molar refractivity (Wildman–Crippen MR) is 77.6 cm³/mol. The van der Waals surface area contributed by atoms with Gasteiger partial charge in [-0.1, -0.05) is 6.92 Å². The van der Waals surface area contributed by atoms with Crippen molar-refractivity contribution < 1.29 is 4.74 Å². The van der Waals surface area contributed by atoms with Gasteiger partial charge in [0.1, 0.15) is 0 Å². The van der Waals surface area contributed by atoms with E-state index in [9.17, 15) is 4.79 Å². The van der Waals surface area contributed by atoms with E-state index in [2.05, 4.69) is 12.2 Å². The highest BCUT2D eigenvalue weighted by molar-refractivity contribution is 4.81. The largest absolute Gasteiger partial charge is 0.379 e. The summed E-state index contributed by atoms with van der Waals surface area (Å²) < 4.78 is 8.98. The van der Waals surface area contributed by atoms with Crippen molar-refractivity contribution in [2.45, 2.75) is 52.8 Å². The molecule has 0 saturated heterocycles. The van der Waals surface area contributed by atoms with Gasteiger partial charge in [0.15, 0.2) is 0 Å². The van der Waals surface area contributed by atoms with Crippen LogP contribution >= 0.6 is 0 Å². The monoisotopic (exact) mass is 269 g/mol. The first-order valence-electron chi connectivity index (χ1n) is 7.23. The van der Waals surface area contributed by atoms with Gasteiger partial charge >= 0.3 is 5.69 Å². The van der Waals surface area contributed by atoms with Crippen LogP contribution < -0.4 is 11.0 Å². The Morgan fingerprint density at radius 2 is 1.89 bits per heavy atom. The molecule has 0 aliphatic rings. The summed E-state index contributed by atoms with van der Waals surface area (Å²) in [5.41, 5.74) is 0.0896. The van der Waals surface area contributed by atoms with Crippen LogP contribution in [-0.2, 0) is 17.8 Å². The second-order valence-electron chi connectivity index (χ2n) is 4.99. The van der Waals surface area contributed by atoms with Crippen molar-refractivity contribution in [1.29, 1.82) is 0 Å². The Hall–Kier alpha value is -1.07. The molecule has 0 atom stereocenters. The van der Waals surface area contributed by atoms with E-state index in [1.54, 1.807) is 9.13 Å². The van der Waals surface area contributed by atoms with E-state index >= 15 is 0 Å². The van der Waals surface area contributed by atoms with Crippen LogP contribution in [0.4, 0.5) is 0 Å². The normalized spacial score (nSPS) is 11.4. The molecule has 110 valence electrons. The predicted octanol–water partition coefficient (Wildman–Crippen LogP) is 1.46. The maximum Gasteiger partial charge on any atom is 0.328 e. The number of ether oxygens (including phenoxy) is 1. The van der Waals surface area contributed by atoms with Crippen molar-refractivity contribution in [2.75, 3.05) is 19.7 Å². The molecule has 1 rings (SSSR count). The minimum absolute atomic E-state index is 0.0896. The number of nitrogens with one attached hydrogen (secondary N) is 1. The summed E-state index contributed by atoms with van der Waals surface area (Å²) >= 11 is 0. The lowest BCUT2D eigenvalue weighted by Crippen LogP contribution is -2.29. The third-order valence-corrected chi connectivity index (χ3v) is 2.86. The van der Waals surface area contributed by atoms with Crippen molar-refractivity contribution in [3.8, 4) is 0 Å². The van der Waals surface area contributed by atoms with E-state index in [4.69, 9.17) is 4.74 Å². The summed E-state index contributed by atoms with van der Waals surface area (Å²) in [5.74, 6) is 0. The molecular weight excluding hydrogens is 242 g/mol. The Morgan fingerprint density at radius 3 is 2.53 bits per heavy atom. The van der Waals surface area contributed by atoms with Crippen molar-refractivity contribution in [3.05, 3.63) is 22.9 Å². The van der Waals surface area contributed by atoms with Gasteiger partial charge in [0, 0.05) is 38.6 Å². The number of imidazole rings is 1. The van der Waals surface area contributed by atoms with E-state index in [1.807, 2.05) is 26.2 Å². The quantitative estimate of drug-likeness (QED) is 0.654. The zero-order valence-corrected chi connectivity index (χ0v) is 12.4. The molecule has 1 N–H and O–H groups in total. The standard InChI is InChI=1S/C14H27N3O2/c1-4-8-16-10-11-17(14(16)18)9-7-15-6-5-12-19-13(2)3/h10-11,13,15H,4-9,12H2,1-3H3. The molecule has 0 fully saturated rings. The van der Waals surface area contributed by atoms with Gasteiger partial charge in [0.2, 0.25) is 0 Å². The van der Waals surface area contributed by atoms with Crippen LogP contribution in [0.2, 0.25) is 0 Å². The SMILES string of the molecule is CCCn1ccn(CCNCCCOC(C)C)c1=O. The lowest BCUT2D eigenvalue weighted by molar-refractivity contribution is 0.0771. The number of rotatable bonds is 10. The van der Waals surface area contributed by atoms with Crippen molar-refractivity contribution in [1.82, 2.24) is 14.5 Å². The molecule has 0 unspecified atom stereocenters. The lowest BCUT2D eigenvalue weighted by atomic mass is 10.4. The third kappa shape index (κ3) is 6.07. The molecule has 1 aromatic heterocycles. The average Bonchev–Trinajstić information content (AvgIpc) is 2.70. The minimum atomic E-state index is 0.0896. The Kier molecular flexibility index (Phi) is 7.52. The molecule has 5 heteroatoms. The van der Waals surface area contributed by atoms with Crippen LogP contribution in [0.5, 0.6) is 0 Å². The smallest absolute Gasteiger partial charge is 0.328 e. The van der Waals surface area contributed by atoms with E-state index in [-0.39, 0.29) is 5.69 Å². The van der Waals surface area contributed by atoms with E-state index < -0.39 is 0 Å². The first-order valence-corrected chi connectivity index (χ1v) is 7.23. The summed E-state index contributed by atoms with van der Waals surface area (Å²) in [6.45, 7) is 10.2. The van der Waals surface area contributed by atoms with Gasteiger partial charge in [-0.05, 0) is 33.2 Å².